The molecular weight excluding hydrogens is 322 g/mol. The number of anilines is 2. The molecule has 4 rings (SSSR count). The van der Waals surface area contributed by atoms with Crippen molar-refractivity contribution in [2.75, 3.05) is 11.9 Å². The van der Waals surface area contributed by atoms with Crippen molar-refractivity contribution in [3.05, 3.63) is 65.5 Å². The fourth-order valence-electron chi connectivity index (χ4n) is 3.03. The van der Waals surface area contributed by atoms with Gasteiger partial charge in [0.1, 0.15) is 29.0 Å². The average Bonchev–Trinajstić information content (AvgIpc) is 2.97. The monoisotopic (exact) mass is 340 g/mol. The SMILES string of the molecule is Cc1ccc(Nc2c(-c3cc(F)ccc3F)nc3n2CCNC3)cc1. The summed E-state index contributed by atoms with van der Waals surface area (Å²) in [4.78, 5) is 4.57. The van der Waals surface area contributed by atoms with Gasteiger partial charge in [0.25, 0.3) is 0 Å². The van der Waals surface area contributed by atoms with Crippen LogP contribution >= 0.6 is 0 Å². The third-order valence-corrected chi connectivity index (χ3v) is 4.34. The third-order valence-electron chi connectivity index (χ3n) is 4.34. The summed E-state index contributed by atoms with van der Waals surface area (Å²) in [6.45, 7) is 4.13. The number of hydrogen-bond donors (Lipinski definition) is 2. The van der Waals surface area contributed by atoms with Crippen LogP contribution in [0.5, 0.6) is 0 Å². The van der Waals surface area contributed by atoms with Crippen LogP contribution in [0.3, 0.4) is 0 Å². The summed E-state index contributed by atoms with van der Waals surface area (Å²) in [7, 11) is 0. The van der Waals surface area contributed by atoms with Crippen molar-refractivity contribution < 1.29 is 8.78 Å². The molecule has 2 N–H and O–H groups in total. The first-order valence-electron chi connectivity index (χ1n) is 8.21. The summed E-state index contributed by atoms with van der Waals surface area (Å²) < 4.78 is 30.0. The van der Waals surface area contributed by atoms with Crippen LogP contribution in [0.1, 0.15) is 11.4 Å². The molecule has 4 nitrogen and oxygen atoms in total. The Bertz CT molecular complexity index is 916. The van der Waals surface area contributed by atoms with Crippen LogP contribution < -0.4 is 10.6 Å². The van der Waals surface area contributed by atoms with Gasteiger partial charge in [0.05, 0.1) is 6.54 Å². The Hall–Kier alpha value is -2.73. The van der Waals surface area contributed by atoms with Crippen molar-refractivity contribution in [1.29, 1.82) is 0 Å². The topological polar surface area (TPSA) is 41.9 Å². The lowest BCUT2D eigenvalue weighted by Gasteiger charge is -2.18. The van der Waals surface area contributed by atoms with Crippen molar-refractivity contribution in [1.82, 2.24) is 14.9 Å². The fourth-order valence-corrected chi connectivity index (χ4v) is 3.03. The number of aryl methyl sites for hydroxylation is 1. The summed E-state index contributed by atoms with van der Waals surface area (Å²) >= 11 is 0. The molecule has 2 aromatic carbocycles. The predicted octanol–water partition coefficient (Wildman–Crippen LogP) is 3.98. The van der Waals surface area contributed by atoms with Gasteiger partial charge in [-0.3, -0.25) is 0 Å². The van der Waals surface area contributed by atoms with Crippen LogP contribution in [-0.4, -0.2) is 16.1 Å². The van der Waals surface area contributed by atoms with Gasteiger partial charge in [0, 0.05) is 24.3 Å². The highest BCUT2D eigenvalue weighted by atomic mass is 19.1. The van der Waals surface area contributed by atoms with Gasteiger partial charge in [-0.15, -0.1) is 0 Å². The number of halogens is 2. The van der Waals surface area contributed by atoms with E-state index in [1.54, 1.807) is 0 Å². The molecule has 0 saturated heterocycles. The van der Waals surface area contributed by atoms with Gasteiger partial charge in [-0.25, -0.2) is 13.8 Å². The van der Waals surface area contributed by atoms with E-state index in [9.17, 15) is 8.78 Å². The molecule has 6 heteroatoms. The second-order valence-corrected chi connectivity index (χ2v) is 6.17. The number of hydrogen-bond acceptors (Lipinski definition) is 3. The smallest absolute Gasteiger partial charge is 0.139 e. The highest BCUT2D eigenvalue weighted by Crippen LogP contribution is 2.34. The third kappa shape index (κ3) is 3.00. The van der Waals surface area contributed by atoms with E-state index in [1.807, 2.05) is 35.8 Å². The van der Waals surface area contributed by atoms with E-state index >= 15 is 0 Å². The summed E-state index contributed by atoms with van der Waals surface area (Å²) in [5, 5.41) is 6.59. The first kappa shape index (κ1) is 15.8. The zero-order valence-electron chi connectivity index (χ0n) is 13.8. The van der Waals surface area contributed by atoms with Crippen molar-refractivity contribution in [2.45, 2.75) is 20.0 Å². The number of aromatic nitrogens is 2. The lowest BCUT2D eigenvalue weighted by Crippen LogP contribution is -2.28. The van der Waals surface area contributed by atoms with E-state index in [2.05, 4.69) is 15.6 Å². The van der Waals surface area contributed by atoms with E-state index in [1.165, 1.54) is 6.07 Å². The molecular formula is C19H18F2N4. The maximum absolute atomic E-state index is 14.3. The van der Waals surface area contributed by atoms with E-state index < -0.39 is 11.6 Å². The molecule has 1 aliphatic rings. The molecule has 0 bridgehead atoms. The number of rotatable bonds is 3. The minimum atomic E-state index is -0.489. The number of imidazole rings is 1. The molecule has 3 aromatic rings. The molecule has 0 fully saturated rings. The summed E-state index contributed by atoms with van der Waals surface area (Å²) in [6.07, 6.45) is 0. The van der Waals surface area contributed by atoms with Crippen molar-refractivity contribution in [3.8, 4) is 11.3 Å². The number of nitrogens with zero attached hydrogens (tertiary/aromatic N) is 2. The Labute approximate surface area is 144 Å². The van der Waals surface area contributed by atoms with E-state index in [0.717, 1.165) is 35.8 Å². The van der Waals surface area contributed by atoms with E-state index in [-0.39, 0.29) is 5.56 Å². The van der Waals surface area contributed by atoms with Crippen molar-refractivity contribution in [2.24, 2.45) is 0 Å². The van der Waals surface area contributed by atoms with Gasteiger partial charge in [0.15, 0.2) is 0 Å². The zero-order chi connectivity index (χ0) is 17.4. The molecule has 0 aliphatic carbocycles. The van der Waals surface area contributed by atoms with Gasteiger partial charge in [-0.05, 0) is 37.3 Å². The van der Waals surface area contributed by atoms with Crippen LogP contribution in [0.2, 0.25) is 0 Å². The predicted molar refractivity (Wildman–Crippen MR) is 93.7 cm³/mol. The van der Waals surface area contributed by atoms with Gasteiger partial charge in [-0.2, -0.15) is 0 Å². The van der Waals surface area contributed by atoms with Crippen LogP contribution in [0, 0.1) is 18.6 Å². The molecule has 0 saturated carbocycles. The van der Waals surface area contributed by atoms with Gasteiger partial charge >= 0.3 is 0 Å². The van der Waals surface area contributed by atoms with Crippen molar-refractivity contribution in [3.63, 3.8) is 0 Å². The van der Waals surface area contributed by atoms with E-state index in [4.69, 9.17) is 0 Å². The molecule has 0 amide bonds. The number of benzene rings is 2. The molecule has 128 valence electrons. The minimum absolute atomic E-state index is 0.163. The van der Waals surface area contributed by atoms with Gasteiger partial charge in [0.2, 0.25) is 0 Å². The van der Waals surface area contributed by atoms with Gasteiger partial charge in [-0.1, -0.05) is 17.7 Å². The van der Waals surface area contributed by atoms with Crippen LogP contribution in [0.15, 0.2) is 42.5 Å². The maximum atomic E-state index is 14.3. The quantitative estimate of drug-likeness (QED) is 0.758. The molecule has 1 aromatic heterocycles. The molecule has 25 heavy (non-hydrogen) atoms. The highest BCUT2D eigenvalue weighted by molar-refractivity contribution is 5.77. The van der Waals surface area contributed by atoms with E-state index in [0.29, 0.717) is 24.6 Å². The lowest BCUT2D eigenvalue weighted by atomic mass is 10.1. The summed E-state index contributed by atoms with van der Waals surface area (Å²) in [5.74, 6) is 0.517. The molecule has 0 radical (unpaired) electrons. The number of nitrogens with one attached hydrogen (secondary N) is 2. The minimum Gasteiger partial charge on any atom is -0.340 e. The Balaban J connectivity index is 1.84. The first-order chi connectivity index (χ1) is 12.1. The Kier molecular flexibility index (Phi) is 3.97. The Morgan fingerprint density at radius 3 is 2.72 bits per heavy atom. The molecule has 0 spiro atoms. The second kappa shape index (κ2) is 6.29. The molecule has 0 unspecified atom stereocenters. The highest BCUT2D eigenvalue weighted by Gasteiger charge is 2.23. The van der Waals surface area contributed by atoms with Gasteiger partial charge < -0.3 is 15.2 Å². The van der Waals surface area contributed by atoms with Crippen molar-refractivity contribution >= 4 is 11.5 Å². The van der Waals surface area contributed by atoms with Crippen LogP contribution in [0.4, 0.5) is 20.3 Å². The zero-order valence-corrected chi connectivity index (χ0v) is 13.8. The van der Waals surface area contributed by atoms with Crippen LogP contribution in [-0.2, 0) is 13.1 Å². The number of fused-ring (bicyclic) bond motifs is 1. The lowest BCUT2D eigenvalue weighted by molar-refractivity contribution is 0.509. The molecule has 2 heterocycles. The molecule has 0 atom stereocenters. The Morgan fingerprint density at radius 1 is 1.12 bits per heavy atom. The summed E-state index contributed by atoms with van der Waals surface area (Å²) in [6, 6.07) is 11.4. The molecule has 1 aliphatic heterocycles. The second-order valence-electron chi connectivity index (χ2n) is 6.17. The summed E-state index contributed by atoms with van der Waals surface area (Å²) in [5.41, 5.74) is 2.62. The largest absolute Gasteiger partial charge is 0.340 e. The maximum Gasteiger partial charge on any atom is 0.139 e. The normalized spacial score (nSPS) is 13.6. The first-order valence-corrected chi connectivity index (χ1v) is 8.21. The fraction of sp³-hybridized carbons (Fsp3) is 0.211. The standard InChI is InChI=1S/C19H18F2N4/c1-12-2-5-14(6-3-12)23-19-18(15-10-13(20)4-7-16(15)21)24-17-11-22-8-9-25(17)19/h2-7,10,22-23H,8-9,11H2,1H3. The Morgan fingerprint density at radius 2 is 1.92 bits per heavy atom. The average molecular weight is 340 g/mol. The van der Waals surface area contributed by atoms with Crippen LogP contribution in [0.25, 0.3) is 11.3 Å².